The van der Waals surface area contributed by atoms with Gasteiger partial charge in [0.15, 0.2) is 5.13 Å². The molecule has 0 fully saturated rings. The second-order valence-corrected chi connectivity index (χ2v) is 9.92. The van der Waals surface area contributed by atoms with Crippen molar-refractivity contribution in [3.8, 4) is 0 Å². The van der Waals surface area contributed by atoms with Gasteiger partial charge in [0.2, 0.25) is 10.0 Å². The van der Waals surface area contributed by atoms with Gasteiger partial charge >= 0.3 is 6.18 Å². The van der Waals surface area contributed by atoms with Crippen LogP contribution in [0.15, 0.2) is 36.7 Å². The second-order valence-electron chi connectivity index (χ2n) is 6.56. The summed E-state index contributed by atoms with van der Waals surface area (Å²) < 4.78 is 63.3. The van der Waals surface area contributed by atoms with Gasteiger partial charge in [-0.1, -0.05) is 11.6 Å². The summed E-state index contributed by atoms with van der Waals surface area (Å²) >= 11 is 6.92. The summed E-state index contributed by atoms with van der Waals surface area (Å²) in [5.41, 5.74) is -0.401. The molecule has 1 N–H and O–H groups in total. The number of hydrogen-bond donors (Lipinski definition) is 1. The van der Waals surface area contributed by atoms with Gasteiger partial charge in [-0.3, -0.25) is 9.78 Å². The Labute approximate surface area is 190 Å². The molecule has 0 aliphatic rings. The van der Waals surface area contributed by atoms with E-state index < -0.39 is 27.8 Å². The van der Waals surface area contributed by atoms with E-state index in [-0.39, 0.29) is 23.1 Å². The van der Waals surface area contributed by atoms with Gasteiger partial charge in [-0.15, -0.1) is 11.3 Å². The van der Waals surface area contributed by atoms with Crippen LogP contribution in [0, 0.1) is 6.92 Å². The van der Waals surface area contributed by atoms with Crippen LogP contribution in [0.3, 0.4) is 0 Å². The van der Waals surface area contributed by atoms with Crippen LogP contribution in [-0.2, 0) is 22.7 Å². The topological polar surface area (TPSA) is 105 Å². The van der Waals surface area contributed by atoms with E-state index in [1.165, 1.54) is 17.2 Å². The molecule has 0 spiro atoms. The Balaban J connectivity index is 2.02. The molecule has 14 heteroatoms. The third-order valence-electron chi connectivity index (χ3n) is 3.97. The van der Waals surface area contributed by atoms with E-state index in [1.807, 2.05) is 4.72 Å². The molecular weight excluding hydrogens is 491 g/mol. The lowest BCUT2D eigenvalue weighted by molar-refractivity contribution is -0.141. The summed E-state index contributed by atoms with van der Waals surface area (Å²) in [6.07, 6.45) is -1.32. The number of nitrogens with zero attached hydrogens (tertiary/aromatic N) is 4. The third kappa shape index (κ3) is 5.93. The van der Waals surface area contributed by atoms with Crippen molar-refractivity contribution in [2.24, 2.45) is 0 Å². The molecule has 170 valence electrons. The van der Waals surface area contributed by atoms with Crippen molar-refractivity contribution < 1.29 is 26.4 Å². The standard InChI is InChI=1S/C18H15ClF3N5O3S2/c1-10-15(16(28)26-32(2,29)30)25-17(31-10)27(9-12-4-3-11(19)7-23-12)13-5-6-14(24-8-13)18(20,21)22/h3-8H,9H2,1-2H3,(H,26,28). The largest absolute Gasteiger partial charge is 0.433 e. The summed E-state index contributed by atoms with van der Waals surface area (Å²) in [5.74, 6) is -0.914. The minimum Gasteiger partial charge on any atom is -0.310 e. The number of carbonyl (C=O) groups is 1. The number of amides is 1. The van der Waals surface area contributed by atoms with Crippen LogP contribution in [0.4, 0.5) is 24.0 Å². The predicted octanol–water partition coefficient (Wildman–Crippen LogP) is 3.94. The van der Waals surface area contributed by atoms with Crippen molar-refractivity contribution in [3.05, 3.63) is 63.6 Å². The molecule has 0 aliphatic heterocycles. The molecule has 0 radical (unpaired) electrons. The molecule has 3 heterocycles. The van der Waals surface area contributed by atoms with Crippen LogP contribution in [-0.4, -0.2) is 35.5 Å². The lowest BCUT2D eigenvalue weighted by Gasteiger charge is -2.21. The van der Waals surface area contributed by atoms with Crippen LogP contribution >= 0.6 is 22.9 Å². The summed E-state index contributed by atoms with van der Waals surface area (Å²) in [7, 11) is -3.81. The first-order chi connectivity index (χ1) is 14.8. The number of rotatable bonds is 6. The highest BCUT2D eigenvalue weighted by molar-refractivity contribution is 7.89. The first kappa shape index (κ1) is 23.9. The average Bonchev–Trinajstić information content (AvgIpc) is 3.07. The van der Waals surface area contributed by atoms with Crippen molar-refractivity contribution in [2.45, 2.75) is 19.6 Å². The van der Waals surface area contributed by atoms with Crippen molar-refractivity contribution in [1.82, 2.24) is 19.7 Å². The quantitative estimate of drug-likeness (QED) is 0.541. The Morgan fingerprint density at radius 3 is 2.44 bits per heavy atom. The Kier molecular flexibility index (Phi) is 6.72. The molecule has 1 amide bonds. The normalized spacial score (nSPS) is 11.9. The molecule has 3 aromatic rings. The lowest BCUT2D eigenvalue weighted by Crippen LogP contribution is -2.30. The first-order valence-electron chi connectivity index (χ1n) is 8.74. The predicted molar refractivity (Wildman–Crippen MR) is 113 cm³/mol. The van der Waals surface area contributed by atoms with E-state index in [0.717, 1.165) is 29.9 Å². The minimum absolute atomic E-state index is 0.0737. The van der Waals surface area contributed by atoms with E-state index in [2.05, 4.69) is 15.0 Å². The van der Waals surface area contributed by atoms with Gasteiger partial charge < -0.3 is 4.90 Å². The molecule has 3 aromatic heterocycles. The third-order valence-corrected chi connectivity index (χ3v) is 5.74. The number of hydrogen-bond acceptors (Lipinski definition) is 8. The van der Waals surface area contributed by atoms with Gasteiger partial charge in [-0.2, -0.15) is 13.2 Å². The monoisotopic (exact) mass is 505 g/mol. The maximum atomic E-state index is 12.9. The van der Waals surface area contributed by atoms with Crippen LogP contribution in [0.5, 0.6) is 0 Å². The highest BCUT2D eigenvalue weighted by Crippen LogP contribution is 2.34. The summed E-state index contributed by atoms with van der Waals surface area (Å²) in [5, 5.41) is 0.640. The number of halogens is 4. The zero-order valence-electron chi connectivity index (χ0n) is 16.5. The lowest BCUT2D eigenvalue weighted by atomic mass is 10.3. The van der Waals surface area contributed by atoms with E-state index in [4.69, 9.17) is 11.6 Å². The highest BCUT2D eigenvalue weighted by Gasteiger charge is 2.32. The molecule has 0 bridgehead atoms. The van der Waals surface area contributed by atoms with Gasteiger partial charge in [0.05, 0.1) is 35.4 Å². The molecule has 0 saturated carbocycles. The Morgan fingerprint density at radius 2 is 1.91 bits per heavy atom. The fraction of sp³-hybridized carbons (Fsp3) is 0.222. The number of aromatic nitrogens is 3. The molecule has 0 atom stereocenters. The fourth-order valence-corrected chi connectivity index (χ4v) is 4.04. The number of pyridine rings is 2. The molecule has 8 nitrogen and oxygen atoms in total. The van der Waals surface area contributed by atoms with Crippen LogP contribution in [0.25, 0.3) is 0 Å². The molecule has 0 unspecified atom stereocenters. The van der Waals surface area contributed by atoms with E-state index in [1.54, 1.807) is 19.1 Å². The first-order valence-corrected chi connectivity index (χ1v) is 11.8. The zero-order chi connectivity index (χ0) is 23.7. The molecule has 0 saturated heterocycles. The number of nitrogens with one attached hydrogen (secondary N) is 1. The number of anilines is 2. The van der Waals surface area contributed by atoms with Gasteiger partial charge in [0.25, 0.3) is 5.91 Å². The van der Waals surface area contributed by atoms with Gasteiger partial charge in [-0.25, -0.2) is 23.1 Å². The maximum Gasteiger partial charge on any atom is 0.433 e. The average molecular weight is 506 g/mol. The molecule has 32 heavy (non-hydrogen) atoms. The van der Waals surface area contributed by atoms with E-state index in [0.29, 0.717) is 15.6 Å². The Hall–Kier alpha value is -2.77. The fourth-order valence-electron chi connectivity index (χ4n) is 2.57. The SMILES string of the molecule is Cc1sc(N(Cc2ccc(Cl)cn2)c2ccc(C(F)(F)F)nc2)nc1C(=O)NS(C)(=O)=O. The maximum absolute atomic E-state index is 12.9. The Morgan fingerprint density at radius 1 is 1.19 bits per heavy atom. The number of alkyl halides is 3. The van der Waals surface area contributed by atoms with Crippen molar-refractivity contribution in [1.29, 1.82) is 0 Å². The molecule has 0 aliphatic carbocycles. The van der Waals surface area contributed by atoms with Gasteiger partial charge in [0.1, 0.15) is 11.4 Å². The van der Waals surface area contributed by atoms with Crippen molar-refractivity contribution in [2.75, 3.05) is 11.2 Å². The van der Waals surface area contributed by atoms with Crippen LogP contribution in [0.1, 0.15) is 26.8 Å². The van der Waals surface area contributed by atoms with E-state index in [9.17, 15) is 26.4 Å². The van der Waals surface area contributed by atoms with Crippen LogP contribution < -0.4 is 9.62 Å². The number of thiazole rings is 1. The Bertz CT molecular complexity index is 1230. The summed E-state index contributed by atoms with van der Waals surface area (Å²) in [4.78, 5) is 26.1. The molecular formula is C18H15ClF3N5O3S2. The zero-order valence-corrected chi connectivity index (χ0v) is 18.9. The van der Waals surface area contributed by atoms with Gasteiger partial charge in [-0.05, 0) is 31.2 Å². The molecule has 0 aromatic carbocycles. The minimum atomic E-state index is -4.60. The second kappa shape index (κ2) is 9.00. The van der Waals surface area contributed by atoms with Gasteiger partial charge in [0, 0.05) is 11.1 Å². The smallest absolute Gasteiger partial charge is 0.310 e. The summed E-state index contributed by atoms with van der Waals surface area (Å²) in [6, 6.07) is 5.28. The number of aryl methyl sites for hydroxylation is 1. The van der Waals surface area contributed by atoms with Crippen LogP contribution in [0.2, 0.25) is 5.02 Å². The number of sulfonamides is 1. The van der Waals surface area contributed by atoms with E-state index >= 15 is 0 Å². The van der Waals surface area contributed by atoms with Crippen molar-refractivity contribution >= 4 is 49.7 Å². The molecule has 3 rings (SSSR count). The van der Waals surface area contributed by atoms with Crippen molar-refractivity contribution in [3.63, 3.8) is 0 Å². The number of carbonyl (C=O) groups excluding carboxylic acids is 1. The highest BCUT2D eigenvalue weighted by atomic mass is 35.5. The summed E-state index contributed by atoms with van der Waals surface area (Å²) in [6.45, 7) is 1.65.